The van der Waals surface area contributed by atoms with Crippen molar-refractivity contribution in [2.24, 2.45) is 11.8 Å². The summed E-state index contributed by atoms with van der Waals surface area (Å²) in [5.41, 5.74) is -0.309. The summed E-state index contributed by atoms with van der Waals surface area (Å²) >= 11 is 2.48. The summed E-state index contributed by atoms with van der Waals surface area (Å²) in [5.74, 6) is -0.0657. The first kappa shape index (κ1) is 80.7. The van der Waals surface area contributed by atoms with Crippen LogP contribution >= 0.6 is 22.6 Å². The van der Waals surface area contributed by atoms with E-state index in [9.17, 15) is 14.7 Å². The van der Waals surface area contributed by atoms with Crippen molar-refractivity contribution in [3.63, 3.8) is 0 Å². The fourth-order valence-corrected chi connectivity index (χ4v) is 19.6. The number of rotatable bonds is 30. The second kappa shape index (κ2) is 31.0. The Kier molecular flexibility index (Phi) is 27.8. The number of methoxy groups -OCH3 is 1. The van der Waals surface area contributed by atoms with Crippen molar-refractivity contribution in [2.45, 2.75) is 376 Å². The molecule has 5 aliphatic heterocycles. The molecule has 14 nitrogen and oxygen atoms in total. The molecule has 20 heteroatoms. The van der Waals surface area contributed by atoms with Gasteiger partial charge in [0.25, 0.3) is 0 Å². The predicted octanol–water partition coefficient (Wildman–Crippen LogP) is 17.9. The number of alkyl halides is 1. The van der Waals surface area contributed by atoms with E-state index < -0.39 is 96.5 Å². The van der Waals surface area contributed by atoms with Crippen LogP contribution in [0.15, 0.2) is 24.5 Å². The van der Waals surface area contributed by atoms with Crippen molar-refractivity contribution in [3.8, 4) is 0 Å². The highest BCUT2D eigenvalue weighted by Gasteiger charge is 2.59. The molecule has 90 heavy (non-hydrogen) atoms. The zero-order chi connectivity index (χ0) is 68.4. The van der Waals surface area contributed by atoms with Gasteiger partial charge in [0.2, 0.25) is 0 Å². The van der Waals surface area contributed by atoms with Gasteiger partial charge in [-0.05, 0) is 142 Å². The highest BCUT2D eigenvalue weighted by atomic mass is 127. The molecular formula is C70H133IO14Si5. The maximum absolute atomic E-state index is 14.9. The van der Waals surface area contributed by atoms with Gasteiger partial charge >= 0.3 is 0 Å². The monoisotopic (exact) mass is 1460 g/mol. The van der Waals surface area contributed by atoms with Gasteiger partial charge in [-0.25, -0.2) is 0 Å². The van der Waals surface area contributed by atoms with Gasteiger partial charge in [-0.3, -0.25) is 4.79 Å². The van der Waals surface area contributed by atoms with Crippen molar-refractivity contribution >= 4 is 76.2 Å². The highest BCUT2D eigenvalue weighted by Crippen LogP contribution is 2.50. The third-order valence-electron chi connectivity index (χ3n) is 23.5. The third kappa shape index (κ3) is 20.3. The summed E-state index contributed by atoms with van der Waals surface area (Å²) in [7, 11) is -10.3. The highest BCUT2D eigenvalue weighted by molar-refractivity contribution is 14.1. The first-order chi connectivity index (χ1) is 41.0. The van der Waals surface area contributed by atoms with Gasteiger partial charge in [0.05, 0.1) is 73.4 Å². The van der Waals surface area contributed by atoms with E-state index in [1.165, 1.54) is 0 Å². The van der Waals surface area contributed by atoms with E-state index in [-0.39, 0.29) is 104 Å². The topological polar surface area (TPSA) is 156 Å². The van der Waals surface area contributed by atoms with E-state index in [4.69, 9.17) is 50.6 Å². The Bertz CT molecular complexity index is 2350. The second-order valence-corrected chi connectivity index (χ2v) is 60.3. The Morgan fingerprint density at radius 2 is 1.22 bits per heavy atom. The zero-order valence-electron chi connectivity index (χ0n) is 61.9. The Morgan fingerprint density at radius 1 is 0.667 bits per heavy atom. The Labute approximate surface area is 568 Å². The van der Waals surface area contributed by atoms with Crippen molar-refractivity contribution in [1.82, 2.24) is 0 Å². The fraction of sp³-hybridized carbons (Fsp3) is 0.914. The van der Waals surface area contributed by atoms with Gasteiger partial charge in [0.15, 0.2) is 41.6 Å². The molecule has 0 bridgehead atoms. The molecule has 0 amide bonds. The molecule has 1 N–H and O–H groups in total. The van der Waals surface area contributed by atoms with Gasteiger partial charge in [-0.15, -0.1) is 0 Å². The summed E-state index contributed by atoms with van der Waals surface area (Å²) in [4.78, 5) is 27.3. The molecule has 524 valence electrons. The van der Waals surface area contributed by atoms with Crippen molar-refractivity contribution in [1.29, 1.82) is 0 Å². The number of halogens is 1. The van der Waals surface area contributed by atoms with Gasteiger partial charge < -0.3 is 60.5 Å². The van der Waals surface area contributed by atoms with Crippen molar-refractivity contribution in [2.75, 3.05) is 18.1 Å². The number of hydrogen-bond donors (Lipinski definition) is 1. The predicted molar refractivity (Wildman–Crippen MR) is 388 cm³/mol. The number of allylic oxidation sites excluding steroid dienone is 2. The minimum atomic E-state index is -2.56. The molecule has 0 saturated carbocycles. The Balaban J connectivity index is 1.44. The van der Waals surface area contributed by atoms with Crippen LogP contribution in [-0.2, 0) is 60.1 Å². The zero-order valence-corrected chi connectivity index (χ0v) is 69.1. The van der Waals surface area contributed by atoms with Crippen molar-refractivity contribution in [3.05, 3.63) is 24.5 Å². The van der Waals surface area contributed by atoms with Crippen LogP contribution in [0.3, 0.4) is 0 Å². The van der Waals surface area contributed by atoms with E-state index in [0.29, 0.717) is 25.9 Å². The fourth-order valence-electron chi connectivity index (χ4n) is 12.4. The van der Waals surface area contributed by atoms with E-state index >= 15 is 0 Å². The Hall–Kier alpha value is -0.00558. The first-order valence-electron chi connectivity index (χ1n) is 34.7. The molecule has 0 aromatic rings. The second-order valence-electron chi connectivity index (χ2n) is 35.7. The lowest BCUT2D eigenvalue weighted by atomic mass is 9.85. The van der Waals surface area contributed by atoms with Crippen LogP contribution in [0.1, 0.15) is 194 Å². The van der Waals surface area contributed by atoms with Gasteiger partial charge in [0.1, 0.15) is 42.1 Å². The Morgan fingerprint density at radius 3 is 1.76 bits per heavy atom. The summed E-state index contributed by atoms with van der Waals surface area (Å²) < 4.78 is 79.9. The van der Waals surface area contributed by atoms with Crippen molar-refractivity contribution < 1.29 is 65.2 Å². The van der Waals surface area contributed by atoms with Crippen LogP contribution in [0, 0.1) is 11.8 Å². The van der Waals surface area contributed by atoms with E-state index in [1.54, 1.807) is 7.11 Å². The number of ketones is 1. The molecule has 7 unspecified atom stereocenters. The van der Waals surface area contributed by atoms with Crippen LogP contribution in [0.2, 0.25) is 90.7 Å². The van der Waals surface area contributed by atoms with E-state index in [1.807, 2.05) is 6.92 Å². The number of aliphatic hydroxyl groups is 1. The standard InChI is InChI=1S/C70H133IO14Si5/c1-47(48(2)73)40-51-35-37-59-70(46-71,81-51)44-52(77-59)32-30-29-31-33-57(83-88(23,24)67(9,10)11)62-64(85-90(27,28)69(15,16)17)63(84-89(25,26)68(12,13)14)61-56(80-62)36-34-50(78-61)41-49(74)42-54-55(38-39-72)79-58(60(54)75-18)43-53(82-87(21,22)66(6,7)8)45-76-86(19,20)65(3,4)5/h31,33,39,47,50-64,73H,2,29-30,32,34-38,40-46H2,1,3-28H3/b33-31+/t47-,50?,51?,52+,53+,54+,55?,56+,57+,58?,59+,60-,61+,62+,63?,64?,70?/m1/s1. The normalized spacial score (nSPS) is 31.5. The summed E-state index contributed by atoms with van der Waals surface area (Å²) in [6.07, 6.45) is 9.61. The van der Waals surface area contributed by atoms with Crippen LogP contribution in [0.5, 0.6) is 0 Å². The van der Waals surface area contributed by atoms with Crippen LogP contribution in [0.4, 0.5) is 0 Å². The SMILES string of the molecule is C=C(O)[C@H](C)CC1CC[C@@H]2O[C@@H](CCC/C=C/[C@H](O[Si](C)(C)C(C)(C)C)[C@@H]3O[C@H]4CCC(CC(=O)C[C@H]5C(CC=O)OC(C[C@@H](CO[Si](C)(C)C(C)(C)C)O[Si](C)(C)C(C)(C)C)[C@@H]5OC)O[C@@H]4C(O[Si](C)(C)C(C)(C)C)C3O[Si](C)(C)C(C)(C)C)CC2(CI)O1. The lowest BCUT2D eigenvalue weighted by molar-refractivity contribution is -0.266. The summed E-state index contributed by atoms with van der Waals surface area (Å²) in [6.45, 7) is 63.4. The molecule has 0 spiro atoms. The average molecular weight is 1470 g/mol. The smallest absolute Gasteiger partial charge is 0.193 e. The molecule has 5 saturated heterocycles. The average Bonchev–Trinajstić information content (AvgIpc) is 0.889. The number of aliphatic hydroxyl groups excluding tert-OH is 1. The number of unbranched alkanes of at least 4 members (excludes halogenated alkanes) is 1. The maximum Gasteiger partial charge on any atom is 0.193 e. The minimum Gasteiger partial charge on any atom is -0.513 e. The van der Waals surface area contributed by atoms with Gasteiger partial charge in [-0.1, -0.05) is 152 Å². The molecule has 0 radical (unpaired) electrons. The third-order valence-corrected chi connectivity index (χ3v) is 47.2. The maximum atomic E-state index is 14.9. The van der Waals surface area contributed by atoms with Gasteiger partial charge in [0, 0.05) is 55.5 Å². The number of fused-ring (bicyclic) bond motifs is 2. The summed E-state index contributed by atoms with van der Waals surface area (Å²) in [5, 5.41) is 9.73. The number of hydrogen-bond acceptors (Lipinski definition) is 14. The molecular weight excluding hydrogens is 1330 g/mol. The van der Waals surface area contributed by atoms with Gasteiger partial charge in [-0.2, -0.15) is 0 Å². The first-order valence-corrected chi connectivity index (χ1v) is 50.8. The molecule has 17 atom stereocenters. The lowest BCUT2D eigenvalue weighted by Crippen LogP contribution is -2.69. The van der Waals surface area contributed by atoms with E-state index in [2.05, 4.69) is 211 Å². The summed E-state index contributed by atoms with van der Waals surface area (Å²) in [6, 6.07) is 0. The number of carbonyl (C=O) groups is 2. The van der Waals surface area contributed by atoms with Crippen LogP contribution in [-0.4, -0.2) is 168 Å². The molecule has 5 rings (SSSR count). The number of Topliss-reactive ketones (excluding diaryl/α,β-unsaturated/α-hetero) is 1. The van der Waals surface area contributed by atoms with Crippen LogP contribution < -0.4 is 0 Å². The largest absolute Gasteiger partial charge is 0.513 e. The molecule has 0 aliphatic carbocycles. The molecule has 0 aromatic carbocycles. The molecule has 5 heterocycles. The van der Waals surface area contributed by atoms with E-state index in [0.717, 1.165) is 55.7 Å². The number of ether oxygens (including phenoxy) is 6. The van der Waals surface area contributed by atoms with Crippen LogP contribution in [0.25, 0.3) is 0 Å². The minimum absolute atomic E-state index is 0.00549. The molecule has 0 aromatic heterocycles. The molecule has 5 aliphatic rings. The lowest BCUT2D eigenvalue weighted by Gasteiger charge is -2.56. The quantitative estimate of drug-likeness (QED) is 0.0138. The number of carbonyl (C=O) groups excluding carboxylic acids is 2. The molecule has 5 fully saturated rings. The number of aldehydes is 1.